The van der Waals surface area contributed by atoms with Crippen molar-refractivity contribution in [3.05, 3.63) is 16.2 Å². The number of rotatable bonds is 7. The second-order valence-electron chi connectivity index (χ2n) is 4.27. The van der Waals surface area contributed by atoms with Crippen molar-refractivity contribution in [2.24, 2.45) is 0 Å². The van der Waals surface area contributed by atoms with E-state index < -0.39 is 0 Å². The van der Waals surface area contributed by atoms with Gasteiger partial charge in [-0.25, -0.2) is 9.97 Å². The number of thiazole rings is 2. The molecule has 0 radical (unpaired) electrons. The largest absolute Gasteiger partial charge is 1.00 e. The van der Waals surface area contributed by atoms with Crippen LogP contribution < -0.4 is 136 Å². The second-order valence-corrected chi connectivity index (χ2v) is 9.36. The quantitative estimate of drug-likeness (QED) is 0.0466. The first-order valence-electron chi connectivity index (χ1n) is 8.09. The number of aromatic nitrogens is 2. The van der Waals surface area contributed by atoms with Crippen molar-refractivity contribution in [3.8, 4) is 0 Å². The number of carbonyl (C=O) groups is 3. The zero-order valence-electron chi connectivity index (χ0n) is 19.9. The molecule has 186 valence electrons. The Bertz CT molecular complexity index is 754. The Hall–Kier alpha value is 2.16. The fourth-order valence-corrected chi connectivity index (χ4v) is 3.80. The summed E-state index contributed by atoms with van der Waals surface area (Å²) in [6, 6.07) is 0. The molecular formula is C15H23Br2K2N4O7S4-. The molecule has 0 aliphatic carbocycles. The van der Waals surface area contributed by atoms with Gasteiger partial charge in [0.15, 0.2) is 10.3 Å². The van der Waals surface area contributed by atoms with E-state index in [-0.39, 0.29) is 145 Å². The fourth-order valence-electron chi connectivity index (χ4n) is 1.15. The van der Waals surface area contributed by atoms with Crippen LogP contribution in [0.25, 0.3) is 0 Å². The molecule has 0 aliphatic rings. The first-order chi connectivity index (χ1) is 14.7. The van der Waals surface area contributed by atoms with Gasteiger partial charge < -0.3 is 49.5 Å². The van der Waals surface area contributed by atoms with Crippen LogP contribution in [0.4, 0.5) is 10.3 Å². The van der Waals surface area contributed by atoms with Gasteiger partial charge in [0.25, 0.3) is 6.47 Å². The number of nitrogens with two attached hydrogens (primary N) is 2. The Morgan fingerprint density at radius 3 is 1.88 bits per heavy atom. The van der Waals surface area contributed by atoms with E-state index in [0.717, 1.165) is 8.00 Å². The molecule has 0 saturated carbocycles. The van der Waals surface area contributed by atoms with Crippen molar-refractivity contribution in [2.75, 3.05) is 36.2 Å². The van der Waals surface area contributed by atoms with Gasteiger partial charge >= 0.3 is 115 Å². The summed E-state index contributed by atoms with van der Waals surface area (Å²) in [6.45, 7) is 4.23. The number of ether oxygens (including phenoxy) is 2. The van der Waals surface area contributed by atoms with Gasteiger partial charge in [0, 0.05) is 0 Å². The van der Waals surface area contributed by atoms with Crippen molar-refractivity contribution in [1.29, 1.82) is 0 Å². The SMILES string of the molecule is CCOC(=O)CS.CCOC(=O)CSc1cnc(N)s1.Nc1ncc(Br)s1.O=CO[O-].[Br-].[H-].[K+].[K+]. The average Bonchev–Trinajstić information content (AvgIpc) is 3.34. The maximum Gasteiger partial charge on any atom is 1.00 e. The molecule has 2 aromatic rings. The first-order valence-corrected chi connectivity index (χ1v) is 12.1. The smallest absolute Gasteiger partial charge is 1.00 e. The van der Waals surface area contributed by atoms with Crippen LogP contribution in [0, 0.1) is 0 Å². The van der Waals surface area contributed by atoms with Crippen LogP contribution in [-0.2, 0) is 28.7 Å². The van der Waals surface area contributed by atoms with Gasteiger partial charge in [-0.3, -0.25) is 14.4 Å². The van der Waals surface area contributed by atoms with Gasteiger partial charge in [0.2, 0.25) is 0 Å². The van der Waals surface area contributed by atoms with E-state index in [1.165, 1.54) is 34.4 Å². The summed E-state index contributed by atoms with van der Waals surface area (Å²) < 4.78 is 11.2. The van der Waals surface area contributed by atoms with Crippen LogP contribution >= 0.6 is 63.0 Å². The minimum absolute atomic E-state index is 0. The van der Waals surface area contributed by atoms with Gasteiger partial charge in [0.05, 0.1) is 45.1 Å². The summed E-state index contributed by atoms with van der Waals surface area (Å²) >= 11 is 11.1. The van der Waals surface area contributed by atoms with E-state index in [2.05, 4.69) is 48.2 Å². The van der Waals surface area contributed by atoms with Crippen molar-refractivity contribution >= 4 is 91.7 Å². The normalized spacial score (nSPS) is 8.03. The molecule has 0 atom stereocenters. The summed E-state index contributed by atoms with van der Waals surface area (Å²) in [4.78, 5) is 39.9. The molecule has 0 aromatic carbocycles. The Morgan fingerprint density at radius 1 is 1.15 bits per heavy atom. The molecule has 0 amide bonds. The van der Waals surface area contributed by atoms with Crippen LogP contribution in [0.5, 0.6) is 0 Å². The maximum atomic E-state index is 10.9. The van der Waals surface area contributed by atoms with Crippen LogP contribution in [0.15, 0.2) is 20.4 Å². The average molecular weight is 738 g/mol. The van der Waals surface area contributed by atoms with Crippen molar-refractivity contribution < 1.29 is 155 Å². The predicted molar refractivity (Wildman–Crippen MR) is 127 cm³/mol. The molecule has 0 saturated heterocycles. The molecule has 19 heteroatoms. The van der Waals surface area contributed by atoms with Gasteiger partial charge in [-0.2, -0.15) is 12.6 Å². The van der Waals surface area contributed by atoms with Crippen LogP contribution in [0.1, 0.15) is 15.3 Å². The van der Waals surface area contributed by atoms with E-state index >= 15 is 0 Å². The predicted octanol–water partition coefficient (Wildman–Crippen LogP) is -7.09. The van der Waals surface area contributed by atoms with Gasteiger partial charge in [-0.15, -0.1) is 11.8 Å². The summed E-state index contributed by atoms with van der Waals surface area (Å²) in [5.41, 5.74) is 10.7. The molecule has 2 rings (SSSR count). The van der Waals surface area contributed by atoms with E-state index in [1.54, 1.807) is 26.2 Å². The third-order valence-corrected chi connectivity index (χ3v) is 5.67. The van der Waals surface area contributed by atoms with E-state index in [4.69, 9.17) is 26.3 Å². The summed E-state index contributed by atoms with van der Waals surface area (Å²) in [5, 5.41) is 9.55. The number of thiol groups is 1. The molecule has 0 spiro atoms. The molecule has 4 N–H and O–H groups in total. The van der Waals surface area contributed by atoms with Crippen LogP contribution in [0.2, 0.25) is 0 Å². The van der Waals surface area contributed by atoms with Gasteiger partial charge in [-0.05, 0) is 29.8 Å². The summed E-state index contributed by atoms with van der Waals surface area (Å²) in [6.07, 6.45) is 3.34. The minimum atomic E-state index is -0.258. The van der Waals surface area contributed by atoms with Crippen molar-refractivity contribution in [1.82, 2.24) is 9.97 Å². The number of thioether (sulfide) groups is 1. The number of anilines is 2. The molecular weight excluding hydrogens is 714 g/mol. The molecule has 2 aromatic heterocycles. The maximum absolute atomic E-state index is 10.9. The first kappa shape index (κ1) is 46.0. The molecule has 0 bridgehead atoms. The second kappa shape index (κ2) is 33.2. The third-order valence-electron chi connectivity index (χ3n) is 2.11. The van der Waals surface area contributed by atoms with Crippen molar-refractivity contribution in [2.45, 2.75) is 18.1 Å². The van der Waals surface area contributed by atoms with E-state index in [1.807, 2.05) is 0 Å². The zero-order chi connectivity index (χ0) is 24.1. The Labute approximate surface area is 321 Å². The van der Waals surface area contributed by atoms with E-state index in [9.17, 15) is 9.59 Å². The number of hydrogen-bond donors (Lipinski definition) is 3. The molecule has 2 heterocycles. The Kier molecular flexibility index (Phi) is 44.9. The Balaban J connectivity index is -0.0000000835. The number of nitrogen functional groups attached to an aromatic ring is 2. The number of hydrogen-bond acceptors (Lipinski definition) is 15. The fraction of sp³-hybridized carbons (Fsp3) is 0.400. The van der Waals surface area contributed by atoms with Crippen molar-refractivity contribution in [3.63, 3.8) is 0 Å². The van der Waals surface area contributed by atoms with E-state index in [0.29, 0.717) is 29.2 Å². The molecule has 11 nitrogen and oxygen atoms in total. The van der Waals surface area contributed by atoms with Gasteiger partial charge in [0.1, 0.15) is 0 Å². The number of halogens is 2. The van der Waals surface area contributed by atoms with Crippen LogP contribution in [-0.4, -0.2) is 53.1 Å². The molecule has 0 unspecified atom stereocenters. The third kappa shape index (κ3) is 32.2. The van der Waals surface area contributed by atoms with Gasteiger partial charge in [-0.1, -0.05) is 22.7 Å². The monoisotopic (exact) mass is 735 g/mol. The summed E-state index contributed by atoms with van der Waals surface area (Å²) in [5.74, 6) is 0.0221. The zero-order valence-corrected chi connectivity index (χ0v) is 31.7. The Morgan fingerprint density at radius 2 is 1.62 bits per heavy atom. The number of carbonyl (C=O) groups excluding carboxylic acids is 3. The standard InChI is InChI=1S/C7H10N2O2S2.C4H8O2S.C3H3BrN2S.CH2O3.BrH.2K.H/c1-2-11-5(10)4-12-6-3-9-7(8)13-6;1-2-6-4(5)3-7;4-2-1-6-3(5)7-2;2-1-4-3;;;;/h3H,2,4H2,1H3,(H2,8,9);7H,2-3H2,1H3;1H,(H2,5,6);1,3H;1H;;;/q;;;;;2*+1;-1/p-2. The molecule has 0 fully saturated rings. The number of nitrogens with zero attached hydrogens (tertiary/aromatic N) is 2. The summed E-state index contributed by atoms with van der Waals surface area (Å²) in [7, 11) is 0. The molecule has 0 aliphatic heterocycles. The molecule has 34 heavy (non-hydrogen) atoms. The topological polar surface area (TPSA) is 180 Å². The minimum Gasteiger partial charge on any atom is -1.00 e. The number of esters is 2. The van der Waals surface area contributed by atoms with Crippen LogP contribution in [0.3, 0.4) is 0 Å².